The Labute approximate surface area is 163 Å². The fourth-order valence-electron chi connectivity index (χ4n) is 2.20. The lowest BCUT2D eigenvalue weighted by atomic mass is 10.2. The van der Waals surface area contributed by atoms with Crippen LogP contribution in [0.1, 0.15) is 28.8 Å². The van der Waals surface area contributed by atoms with Crippen LogP contribution in [-0.4, -0.2) is 30.4 Å². The van der Waals surface area contributed by atoms with Gasteiger partial charge in [-0.3, -0.25) is 4.79 Å². The van der Waals surface area contributed by atoms with Crippen LogP contribution >= 0.6 is 24.0 Å². The van der Waals surface area contributed by atoms with Gasteiger partial charge in [0.25, 0.3) is 5.91 Å². The first-order valence-corrected chi connectivity index (χ1v) is 7.62. The van der Waals surface area contributed by atoms with Gasteiger partial charge in [-0.15, -0.1) is 24.0 Å². The molecular weight excluding hydrogens is 438 g/mol. The maximum Gasteiger partial charge on any atom is 0.284 e. The normalized spacial score (nSPS) is 10.9. The van der Waals surface area contributed by atoms with Crippen molar-refractivity contribution in [1.82, 2.24) is 10.2 Å². The van der Waals surface area contributed by atoms with Gasteiger partial charge in [-0.25, -0.2) is 9.38 Å². The first-order valence-electron chi connectivity index (χ1n) is 7.62. The fourth-order valence-corrected chi connectivity index (χ4v) is 2.20. The van der Waals surface area contributed by atoms with Crippen molar-refractivity contribution < 1.29 is 13.6 Å². The summed E-state index contributed by atoms with van der Waals surface area (Å²) in [5.74, 6) is 0.424. The zero-order valence-electron chi connectivity index (χ0n) is 14.2. The Balaban J connectivity index is 0.00000312. The summed E-state index contributed by atoms with van der Waals surface area (Å²) in [6.07, 6.45) is 0. The lowest BCUT2D eigenvalue weighted by Gasteiger charge is -2.22. The average molecular weight is 460 g/mol. The van der Waals surface area contributed by atoms with Gasteiger partial charge in [-0.05, 0) is 36.8 Å². The Morgan fingerprint density at radius 1 is 1.36 bits per heavy atom. The van der Waals surface area contributed by atoms with Crippen molar-refractivity contribution in [3.63, 3.8) is 0 Å². The summed E-state index contributed by atoms with van der Waals surface area (Å²) in [6, 6.07) is 9.63. The molecule has 0 aliphatic rings. The monoisotopic (exact) mass is 460 g/mol. The van der Waals surface area contributed by atoms with E-state index >= 15 is 0 Å². The minimum Gasteiger partial charge on any atom is -0.454 e. The molecule has 2 rings (SSSR count). The molecule has 3 N–H and O–H groups in total. The number of benzene rings is 1. The van der Waals surface area contributed by atoms with Gasteiger partial charge < -0.3 is 20.4 Å². The van der Waals surface area contributed by atoms with E-state index in [0.29, 0.717) is 24.8 Å². The molecule has 0 unspecified atom stereocenters. The first kappa shape index (κ1) is 20.9. The molecule has 0 saturated carbocycles. The van der Waals surface area contributed by atoms with Crippen molar-refractivity contribution in [1.29, 1.82) is 0 Å². The van der Waals surface area contributed by atoms with Gasteiger partial charge in [0, 0.05) is 20.1 Å². The summed E-state index contributed by atoms with van der Waals surface area (Å²) < 4.78 is 18.6. The molecule has 0 spiro atoms. The van der Waals surface area contributed by atoms with Gasteiger partial charge in [0.2, 0.25) is 0 Å². The number of nitrogens with two attached hydrogens (primary N) is 1. The van der Waals surface area contributed by atoms with Gasteiger partial charge in [0.1, 0.15) is 18.1 Å². The summed E-state index contributed by atoms with van der Waals surface area (Å²) in [6.45, 7) is 3.43. The number of hydrogen-bond acceptors (Lipinski definition) is 3. The Bertz CT molecular complexity index is 733. The van der Waals surface area contributed by atoms with E-state index in [2.05, 4.69) is 10.3 Å². The molecule has 1 aromatic carbocycles. The number of furan rings is 1. The maximum absolute atomic E-state index is 13.3. The molecular formula is C17H22FIN4O2. The predicted octanol–water partition coefficient (Wildman–Crippen LogP) is 2.73. The third-order valence-electron chi connectivity index (χ3n) is 3.29. The number of aliphatic imine (C=N–C) groups is 1. The second-order valence-electron chi connectivity index (χ2n) is 5.29. The number of carbonyl (C=O) groups is 1. The quantitative estimate of drug-likeness (QED) is 0.395. The second-order valence-corrected chi connectivity index (χ2v) is 5.29. The number of rotatable bonds is 6. The molecule has 1 amide bonds. The Morgan fingerprint density at radius 2 is 2.12 bits per heavy atom. The molecule has 0 saturated heterocycles. The molecule has 25 heavy (non-hydrogen) atoms. The molecule has 0 aliphatic heterocycles. The summed E-state index contributed by atoms with van der Waals surface area (Å²) in [7, 11) is 1.86. The summed E-state index contributed by atoms with van der Waals surface area (Å²) >= 11 is 0. The third kappa shape index (κ3) is 6.37. The summed E-state index contributed by atoms with van der Waals surface area (Å²) in [5.41, 5.74) is 6.00. The highest BCUT2D eigenvalue weighted by molar-refractivity contribution is 14.0. The van der Waals surface area contributed by atoms with Crippen molar-refractivity contribution in [3.05, 3.63) is 59.3 Å². The molecule has 0 radical (unpaired) electrons. The highest BCUT2D eigenvalue weighted by Crippen LogP contribution is 2.10. The first-order chi connectivity index (χ1) is 11.5. The van der Waals surface area contributed by atoms with Gasteiger partial charge >= 0.3 is 0 Å². The second kappa shape index (κ2) is 10.0. The molecule has 0 bridgehead atoms. The van der Waals surface area contributed by atoms with Gasteiger partial charge in [-0.1, -0.05) is 12.1 Å². The van der Waals surface area contributed by atoms with E-state index in [9.17, 15) is 9.18 Å². The SMILES string of the molecule is CCNC(=NCc1ccc(C(N)=O)o1)N(C)Cc1cccc(F)c1.I. The van der Waals surface area contributed by atoms with Crippen LogP contribution in [0.4, 0.5) is 4.39 Å². The van der Waals surface area contributed by atoms with E-state index < -0.39 is 5.91 Å². The van der Waals surface area contributed by atoms with Crippen molar-refractivity contribution in [3.8, 4) is 0 Å². The number of nitrogens with one attached hydrogen (secondary N) is 1. The molecule has 6 nitrogen and oxygen atoms in total. The van der Waals surface area contributed by atoms with E-state index in [1.165, 1.54) is 18.2 Å². The van der Waals surface area contributed by atoms with Crippen LogP contribution in [0.15, 0.2) is 45.8 Å². The fraction of sp³-hybridized carbons (Fsp3) is 0.294. The molecule has 1 aromatic heterocycles. The van der Waals surface area contributed by atoms with Crippen LogP contribution in [-0.2, 0) is 13.1 Å². The Hall–Kier alpha value is -2.10. The molecule has 136 valence electrons. The number of guanidine groups is 1. The van der Waals surface area contributed by atoms with Gasteiger partial charge in [-0.2, -0.15) is 0 Å². The summed E-state index contributed by atoms with van der Waals surface area (Å²) in [5, 5.41) is 3.17. The van der Waals surface area contributed by atoms with E-state index in [-0.39, 0.29) is 42.1 Å². The van der Waals surface area contributed by atoms with Crippen LogP contribution < -0.4 is 11.1 Å². The molecule has 0 aliphatic carbocycles. The van der Waals surface area contributed by atoms with Crippen LogP contribution in [0.2, 0.25) is 0 Å². The van der Waals surface area contributed by atoms with Crippen LogP contribution in [0.25, 0.3) is 0 Å². The number of halogens is 2. The number of primary amides is 1. The minimum atomic E-state index is -0.611. The smallest absolute Gasteiger partial charge is 0.284 e. The lowest BCUT2D eigenvalue weighted by Crippen LogP contribution is -2.38. The maximum atomic E-state index is 13.3. The Morgan fingerprint density at radius 3 is 2.72 bits per heavy atom. The minimum absolute atomic E-state index is 0. The topological polar surface area (TPSA) is 83.9 Å². The Kier molecular flexibility index (Phi) is 8.39. The van der Waals surface area contributed by atoms with Crippen LogP contribution in [0.5, 0.6) is 0 Å². The zero-order chi connectivity index (χ0) is 17.5. The highest BCUT2D eigenvalue weighted by atomic mass is 127. The lowest BCUT2D eigenvalue weighted by molar-refractivity contribution is 0.0972. The van der Waals surface area contributed by atoms with E-state index in [1.54, 1.807) is 12.1 Å². The van der Waals surface area contributed by atoms with Crippen molar-refractivity contribution >= 4 is 35.8 Å². The van der Waals surface area contributed by atoms with E-state index in [4.69, 9.17) is 10.2 Å². The molecule has 0 fully saturated rings. The molecule has 1 heterocycles. The molecule has 0 atom stereocenters. The number of amides is 1. The van der Waals surface area contributed by atoms with Crippen molar-refractivity contribution in [2.45, 2.75) is 20.0 Å². The highest BCUT2D eigenvalue weighted by Gasteiger charge is 2.09. The van der Waals surface area contributed by atoms with Gasteiger partial charge in [0.05, 0.1) is 0 Å². The summed E-state index contributed by atoms with van der Waals surface area (Å²) in [4.78, 5) is 17.4. The van der Waals surface area contributed by atoms with Crippen molar-refractivity contribution in [2.24, 2.45) is 10.7 Å². The van der Waals surface area contributed by atoms with E-state index in [0.717, 1.165) is 5.56 Å². The number of carbonyl (C=O) groups excluding carboxylic acids is 1. The zero-order valence-corrected chi connectivity index (χ0v) is 16.5. The van der Waals surface area contributed by atoms with Gasteiger partial charge in [0.15, 0.2) is 11.7 Å². The van der Waals surface area contributed by atoms with Crippen molar-refractivity contribution in [2.75, 3.05) is 13.6 Å². The average Bonchev–Trinajstić information content (AvgIpc) is 3.00. The van der Waals surface area contributed by atoms with Crippen LogP contribution in [0.3, 0.4) is 0 Å². The largest absolute Gasteiger partial charge is 0.454 e. The molecule has 8 heteroatoms. The standard InChI is InChI=1S/C17H21FN4O2.HI/c1-3-20-17(21-10-14-7-8-15(24-14)16(19)23)22(2)11-12-5-4-6-13(18)9-12;/h4-9H,3,10-11H2,1-2H3,(H2,19,23)(H,20,21);1H. The number of nitrogens with zero attached hydrogens (tertiary/aromatic N) is 2. The number of hydrogen-bond donors (Lipinski definition) is 2. The predicted molar refractivity (Wildman–Crippen MR) is 105 cm³/mol. The third-order valence-corrected chi connectivity index (χ3v) is 3.29. The molecule has 2 aromatic rings. The van der Waals surface area contributed by atoms with E-state index in [1.807, 2.05) is 24.9 Å². The van der Waals surface area contributed by atoms with Crippen LogP contribution in [0, 0.1) is 5.82 Å².